The minimum Gasteiger partial charge on any atom is -0.493 e. The first-order valence-electron chi connectivity index (χ1n) is 8.21. The van der Waals surface area contributed by atoms with E-state index in [1.54, 1.807) is 26.4 Å². The zero-order chi connectivity index (χ0) is 18.9. The van der Waals surface area contributed by atoms with Crippen molar-refractivity contribution < 1.29 is 22.7 Å². The minimum atomic E-state index is -3.63. The number of sulfonamides is 1. The van der Waals surface area contributed by atoms with Crippen molar-refractivity contribution in [3.63, 3.8) is 0 Å². The molecule has 1 heterocycles. The smallest absolute Gasteiger partial charge is 0.243 e. The van der Waals surface area contributed by atoms with Gasteiger partial charge in [0.15, 0.2) is 17.3 Å². The van der Waals surface area contributed by atoms with Gasteiger partial charge in [-0.05, 0) is 48.7 Å². The monoisotopic (exact) mass is 375 g/mol. The van der Waals surface area contributed by atoms with Gasteiger partial charge in [0.05, 0.1) is 19.1 Å². The Morgan fingerprint density at radius 1 is 1.00 bits per heavy atom. The number of fused-ring (bicyclic) bond motifs is 1. The van der Waals surface area contributed by atoms with Gasteiger partial charge in [-0.25, -0.2) is 8.42 Å². The number of Topliss-reactive ketones (excluding diaryl/α,β-unsaturated/α-hetero) is 1. The molecular weight excluding hydrogens is 354 g/mol. The van der Waals surface area contributed by atoms with Crippen LogP contribution in [0, 0.1) is 0 Å². The third-order valence-electron chi connectivity index (χ3n) is 4.58. The molecule has 0 atom stereocenters. The molecule has 6 nitrogen and oxygen atoms in total. The quantitative estimate of drug-likeness (QED) is 0.751. The molecule has 0 unspecified atom stereocenters. The lowest BCUT2D eigenvalue weighted by atomic mass is 10.0. The van der Waals surface area contributed by atoms with Crippen LogP contribution in [0.5, 0.6) is 11.5 Å². The fourth-order valence-electron chi connectivity index (χ4n) is 3.07. The second kappa shape index (κ2) is 7.09. The molecule has 0 fully saturated rings. The summed E-state index contributed by atoms with van der Waals surface area (Å²) in [6.45, 7) is 2.11. The van der Waals surface area contributed by atoms with E-state index in [2.05, 4.69) is 0 Å². The molecule has 0 bridgehead atoms. The lowest BCUT2D eigenvalue weighted by Gasteiger charge is -2.29. The topological polar surface area (TPSA) is 72.9 Å². The van der Waals surface area contributed by atoms with Crippen molar-refractivity contribution in [3.05, 3.63) is 53.1 Å². The molecule has 0 amide bonds. The average molecular weight is 375 g/mol. The Balaban J connectivity index is 1.90. The summed E-state index contributed by atoms with van der Waals surface area (Å²) in [7, 11) is -0.501. The standard InChI is InChI=1S/C19H21NO5S/c1-13(21)14-4-6-17(7-5-14)26(22,23)20-9-8-15-10-18(24-2)19(25-3)11-16(15)12-20/h4-7,10-11H,8-9,12H2,1-3H3. The molecule has 2 aromatic carbocycles. The number of benzene rings is 2. The van der Waals surface area contributed by atoms with Crippen LogP contribution in [0.4, 0.5) is 0 Å². The zero-order valence-corrected chi connectivity index (χ0v) is 15.8. The zero-order valence-electron chi connectivity index (χ0n) is 15.0. The predicted molar refractivity (Wildman–Crippen MR) is 97.3 cm³/mol. The number of methoxy groups -OCH3 is 2. The van der Waals surface area contributed by atoms with Gasteiger partial charge in [0.25, 0.3) is 0 Å². The van der Waals surface area contributed by atoms with Crippen LogP contribution >= 0.6 is 0 Å². The van der Waals surface area contributed by atoms with Crippen LogP contribution in [-0.2, 0) is 23.0 Å². The molecule has 1 aliphatic rings. The van der Waals surface area contributed by atoms with E-state index in [0.29, 0.717) is 30.0 Å². The molecule has 0 radical (unpaired) electrons. The summed E-state index contributed by atoms with van der Waals surface area (Å²) in [5.41, 5.74) is 2.45. The van der Waals surface area contributed by atoms with Crippen molar-refractivity contribution in [3.8, 4) is 11.5 Å². The Morgan fingerprint density at radius 3 is 2.12 bits per heavy atom. The number of nitrogens with zero attached hydrogens (tertiary/aromatic N) is 1. The second-order valence-electron chi connectivity index (χ2n) is 6.15. The normalized spacial score (nSPS) is 14.6. The third-order valence-corrected chi connectivity index (χ3v) is 6.44. The van der Waals surface area contributed by atoms with E-state index in [0.717, 1.165) is 11.1 Å². The molecule has 3 rings (SSSR count). The maximum atomic E-state index is 12.9. The van der Waals surface area contributed by atoms with Gasteiger partial charge in [0, 0.05) is 18.7 Å². The average Bonchev–Trinajstić information content (AvgIpc) is 2.66. The molecule has 0 spiro atoms. The summed E-state index contributed by atoms with van der Waals surface area (Å²) < 4.78 is 38.0. The Bertz CT molecular complexity index is 935. The molecule has 2 aromatic rings. The van der Waals surface area contributed by atoms with E-state index in [1.807, 2.05) is 12.1 Å². The van der Waals surface area contributed by atoms with Crippen molar-refractivity contribution in [2.24, 2.45) is 0 Å². The molecule has 26 heavy (non-hydrogen) atoms. The van der Waals surface area contributed by atoms with Crippen molar-refractivity contribution in [2.45, 2.75) is 24.8 Å². The van der Waals surface area contributed by atoms with Gasteiger partial charge in [-0.3, -0.25) is 4.79 Å². The highest BCUT2D eigenvalue weighted by atomic mass is 32.2. The summed E-state index contributed by atoms with van der Waals surface area (Å²) in [6.07, 6.45) is 0.598. The van der Waals surface area contributed by atoms with Crippen LogP contribution in [0.2, 0.25) is 0 Å². The van der Waals surface area contributed by atoms with Crippen LogP contribution in [0.25, 0.3) is 0 Å². The van der Waals surface area contributed by atoms with Crippen LogP contribution in [0.15, 0.2) is 41.3 Å². The summed E-state index contributed by atoms with van der Waals surface area (Å²) >= 11 is 0. The van der Waals surface area contributed by atoms with Crippen LogP contribution < -0.4 is 9.47 Å². The van der Waals surface area contributed by atoms with E-state index in [1.165, 1.54) is 23.4 Å². The molecule has 1 aliphatic heterocycles. The van der Waals surface area contributed by atoms with Gasteiger partial charge in [-0.2, -0.15) is 4.31 Å². The van der Waals surface area contributed by atoms with Gasteiger partial charge in [-0.15, -0.1) is 0 Å². The Kier molecular flexibility index (Phi) is 5.02. The Labute approximate surface area is 153 Å². The van der Waals surface area contributed by atoms with E-state index in [9.17, 15) is 13.2 Å². The fourth-order valence-corrected chi connectivity index (χ4v) is 4.49. The van der Waals surface area contributed by atoms with Crippen LogP contribution in [0.3, 0.4) is 0 Å². The molecule has 138 valence electrons. The van der Waals surface area contributed by atoms with Crippen molar-refractivity contribution >= 4 is 15.8 Å². The minimum absolute atomic E-state index is 0.0955. The number of ether oxygens (including phenoxy) is 2. The van der Waals surface area contributed by atoms with Crippen molar-refractivity contribution in [1.82, 2.24) is 4.31 Å². The number of carbonyl (C=O) groups is 1. The van der Waals surface area contributed by atoms with Crippen LogP contribution in [-0.4, -0.2) is 39.3 Å². The molecule has 7 heteroatoms. The van der Waals surface area contributed by atoms with Crippen molar-refractivity contribution in [1.29, 1.82) is 0 Å². The first kappa shape index (κ1) is 18.4. The first-order valence-corrected chi connectivity index (χ1v) is 9.65. The molecular formula is C19H21NO5S. The third kappa shape index (κ3) is 3.32. The highest BCUT2D eigenvalue weighted by molar-refractivity contribution is 7.89. The summed E-state index contributed by atoms with van der Waals surface area (Å²) in [5.74, 6) is 1.13. The number of carbonyl (C=O) groups excluding carboxylic acids is 1. The van der Waals surface area contributed by atoms with Gasteiger partial charge in [0.1, 0.15) is 0 Å². The highest BCUT2D eigenvalue weighted by Crippen LogP contribution is 2.34. The Hall–Kier alpha value is -2.38. The number of rotatable bonds is 5. The molecule has 0 aliphatic carbocycles. The maximum absolute atomic E-state index is 12.9. The molecule has 0 saturated heterocycles. The number of hydrogen-bond acceptors (Lipinski definition) is 5. The van der Waals surface area contributed by atoms with Gasteiger partial charge < -0.3 is 9.47 Å². The first-order chi connectivity index (χ1) is 12.4. The van der Waals surface area contributed by atoms with E-state index in [4.69, 9.17) is 9.47 Å². The van der Waals surface area contributed by atoms with E-state index < -0.39 is 10.0 Å². The summed E-state index contributed by atoms with van der Waals surface area (Å²) in [4.78, 5) is 11.6. The highest BCUT2D eigenvalue weighted by Gasteiger charge is 2.29. The predicted octanol–water partition coefficient (Wildman–Crippen LogP) is 2.65. The van der Waals surface area contributed by atoms with Gasteiger partial charge in [-0.1, -0.05) is 12.1 Å². The van der Waals surface area contributed by atoms with Gasteiger partial charge in [0.2, 0.25) is 10.0 Å². The SMILES string of the molecule is COc1cc2c(cc1OC)CN(S(=O)(=O)c1ccc(C(C)=O)cc1)CC2. The lowest BCUT2D eigenvalue weighted by Crippen LogP contribution is -2.36. The van der Waals surface area contributed by atoms with E-state index >= 15 is 0 Å². The van der Waals surface area contributed by atoms with Crippen LogP contribution in [0.1, 0.15) is 28.4 Å². The molecule has 0 N–H and O–H groups in total. The van der Waals surface area contributed by atoms with E-state index in [-0.39, 0.29) is 17.2 Å². The Morgan fingerprint density at radius 2 is 1.58 bits per heavy atom. The largest absolute Gasteiger partial charge is 0.493 e. The lowest BCUT2D eigenvalue weighted by molar-refractivity contribution is 0.101. The number of ketones is 1. The summed E-state index contributed by atoms with van der Waals surface area (Å²) in [6, 6.07) is 9.78. The van der Waals surface area contributed by atoms with Crippen molar-refractivity contribution in [2.75, 3.05) is 20.8 Å². The fraction of sp³-hybridized carbons (Fsp3) is 0.316. The number of hydrogen-bond donors (Lipinski definition) is 0. The summed E-state index contributed by atoms with van der Waals surface area (Å²) in [5, 5.41) is 0. The maximum Gasteiger partial charge on any atom is 0.243 e. The molecule has 0 aromatic heterocycles. The molecule has 0 saturated carbocycles. The second-order valence-corrected chi connectivity index (χ2v) is 8.08. The van der Waals surface area contributed by atoms with Gasteiger partial charge >= 0.3 is 0 Å².